The molecule has 1 fully saturated rings. The minimum atomic E-state index is -0.875. The van der Waals surface area contributed by atoms with Gasteiger partial charge in [0.05, 0.1) is 5.60 Å². The largest absolute Gasteiger partial charge is 0.389 e. The normalized spacial score (nSPS) is 30.0. The average Bonchev–Trinajstić information content (AvgIpc) is 2.09. The van der Waals surface area contributed by atoms with Crippen LogP contribution in [0.1, 0.15) is 18.4 Å². The molecule has 82 valence electrons. The van der Waals surface area contributed by atoms with E-state index in [4.69, 9.17) is 5.73 Å². The third-order valence-electron chi connectivity index (χ3n) is 2.80. The van der Waals surface area contributed by atoms with Crippen LogP contribution in [0.15, 0.2) is 18.2 Å². The molecule has 0 spiro atoms. The van der Waals surface area contributed by atoms with Gasteiger partial charge in [0.2, 0.25) is 0 Å². The number of nitrogens with two attached hydrogens (primary N) is 1. The summed E-state index contributed by atoms with van der Waals surface area (Å²) in [6.07, 6.45) is 1.37. The average molecular weight is 213 g/mol. The van der Waals surface area contributed by atoms with Crippen LogP contribution in [0.25, 0.3) is 0 Å². The van der Waals surface area contributed by atoms with Crippen LogP contribution in [0.2, 0.25) is 0 Å². The minimum Gasteiger partial charge on any atom is -0.389 e. The van der Waals surface area contributed by atoms with Crippen LogP contribution in [-0.4, -0.2) is 16.7 Å². The van der Waals surface area contributed by atoms with Gasteiger partial charge >= 0.3 is 0 Å². The van der Waals surface area contributed by atoms with E-state index in [2.05, 4.69) is 0 Å². The van der Waals surface area contributed by atoms with E-state index in [0.29, 0.717) is 24.8 Å². The van der Waals surface area contributed by atoms with Crippen molar-refractivity contribution in [1.29, 1.82) is 0 Å². The van der Waals surface area contributed by atoms with E-state index < -0.39 is 17.2 Å². The van der Waals surface area contributed by atoms with E-state index in [1.807, 2.05) is 0 Å². The lowest BCUT2D eigenvalue weighted by molar-refractivity contribution is -0.0455. The zero-order chi connectivity index (χ0) is 11.1. The van der Waals surface area contributed by atoms with Gasteiger partial charge in [-0.25, -0.2) is 8.78 Å². The molecule has 3 N–H and O–H groups in total. The molecular weight excluding hydrogens is 200 g/mol. The number of halogens is 2. The lowest BCUT2D eigenvalue weighted by atomic mass is 9.73. The predicted molar refractivity (Wildman–Crippen MR) is 52.2 cm³/mol. The summed E-state index contributed by atoms with van der Waals surface area (Å²) in [6, 6.07) is 3.71. The molecule has 1 aliphatic rings. The Morgan fingerprint density at radius 2 is 2.00 bits per heavy atom. The lowest BCUT2D eigenvalue weighted by Crippen LogP contribution is -2.52. The Hall–Kier alpha value is -1.00. The highest BCUT2D eigenvalue weighted by atomic mass is 19.2. The second-order valence-corrected chi connectivity index (χ2v) is 4.32. The van der Waals surface area contributed by atoms with Crippen molar-refractivity contribution in [3.8, 4) is 0 Å². The van der Waals surface area contributed by atoms with E-state index in [9.17, 15) is 13.9 Å². The summed E-state index contributed by atoms with van der Waals surface area (Å²) in [5.74, 6) is -1.74. The van der Waals surface area contributed by atoms with E-state index >= 15 is 0 Å². The highest BCUT2D eigenvalue weighted by Gasteiger charge is 2.40. The lowest BCUT2D eigenvalue weighted by Gasteiger charge is -2.41. The molecular formula is C11H13F2NO. The fourth-order valence-corrected chi connectivity index (χ4v) is 2.09. The Bertz CT molecular complexity index is 375. The Kier molecular flexibility index (Phi) is 2.48. The van der Waals surface area contributed by atoms with E-state index in [0.717, 1.165) is 12.1 Å². The van der Waals surface area contributed by atoms with E-state index in [1.54, 1.807) is 0 Å². The molecule has 0 bridgehead atoms. The van der Waals surface area contributed by atoms with E-state index in [1.165, 1.54) is 6.07 Å². The molecule has 2 nitrogen and oxygen atoms in total. The zero-order valence-electron chi connectivity index (χ0n) is 8.21. The van der Waals surface area contributed by atoms with Gasteiger partial charge in [-0.05, 0) is 30.5 Å². The van der Waals surface area contributed by atoms with Gasteiger partial charge in [-0.15, -0.1) is 0 Å². The smallest absolute Gasteiger partial charge is 0.159 e. The number of hydrogen-bond acceptors (Lipinski definition) is 2. The summed E-state index contributed by atoms with van der Waals surface area (Å²) in [5.41, 5.74) is 5.34. The molecule has 0 amide bonds. The van der Waals surface area contributed by atoms with Crippen LogP contribution in [0.4, 0.5) is 8.78 Å². The monoisotopic (exact) mass is 213 g/mol. The van der Waals surface area contributed by atoms with Crippen LogP contribution in [0, 0.1) is 11.6 Å². The summed E-state index contributed by atoms with van der Waals surface area (Å²) < 4.78 is 25.5. The number of hydrogen-bond donors (Lipinski definition) is 2. The Balaban J connectivity index is 2.08. The maximum atomic E-state index is 12.9. The fourth-order valence-electron chi connectivity index (χ4n) is 2.09. The topological polar surface area (TPSA) is 46.2 Å². The first-order chi connectivity index (χ1) is 6.98. The van der Waals surface area contributed by atoms with Crippen LogP contribution in [0.3, 0.4) is 0 Å². The van der Waals surface area contributed by atoms with Crippen molar-refractivity contribution in [2.45, 2.75) is 30.9 Å². The van der Waals surface area contributed by atoms with Gasteiger partial charge in [0.25, 0.3) is 0 Å². The van der Waals surface area contributed by atoms with Gasteiger partial charge in [-0.1, -0.05) is 6.07 Å². The van der Waals surface area contributed by atoms with Gasteiger partial charge in [-0.2, -0.15) is 0 Å². The number of rotatable bonds is 2. The van der Waals surface area contributed by atoms with Crippen molar-refractivity contribution in [2.24, 2.45) is 5.73 Å². The molecule has 0 unspecified atom stereocenters. The fraction of sp³-hybridized carbons (Fsp3) is 0.455. The molecule has 1 saturated carbocycles. The minimum absolute atomic E-state index is 0.0281. The van der Waals surface area contributed by atoms with Crippen LogP contribution < -0.4 is 5.73 Å². The molecule has 15 heavy (non-hydrogen) atoms. The van der Waals surface area contributed by atoms with Crippen LogP contribution in [0.5, 0.6) is 0 Å². The first kappa shape index (κ1) is 10.5. The standard InChI is InChI=1S/C11H13F2NO/c12-9-2-1-7(3-10(9)13)4-11(15)5-8(14)6-11/h1-3,8,15H,4-6,14H2. The summed E-state index contributed by atoms with van der Waals surface area (Å²) in [6.45, 7) is 0. The Morgan fingerprint density at radius 3 is 2.53 bits per heavy atom. The summed E-state index contributed by atoms with van der Waals surface area (Å²) >= 11 is 0. The molecule has 0 atom stereocenters. The first-order valence-corrected chi connectivity index (χ1v) is 4.90. The van der Waals surface area contributed by atoms with Gasteiger partial charge in [0.15, 0.2) is 11.6 Å². The van der Waals surface area contributed by atoms with E-state index in [-0.39, 0.29) is 6.04 Å². The second kappa shape index (κ2) is 3.54. The van der Waals surface area contributed by atoms with Crippen molar-refractivity contribution in [2.75, 3.05) is 0 Å². The summed E-state index contributed by atoms with van der Waals surface area (Å²) in [7, 11) is 0. The maximum absolute atomic E-state index is 12.9. The van der Waals surface area contributed by atoms with Crippen LogP contribution >= 0.6 is 0 Å². The molecule has 4 heteroatoms. The Morgan fingerprint density at radius 1 is 1.33 bits per heavy atom. The van der Waals surface area contributed by atoms with Crippen molar-refractivity contribution in [1.82, 2.24) is 0 Å². The SMILES string of the molecule is NC1CC(O)(Cc2ccc(F)c(F)c2)C1. The molecule has 0 aromatic heterocycles. The molecule has 2 rings (SSSR count). The molecule has 0 radical (unpaired) electrons. The van der Waals surface area contributed by atoms with Crippen molar-refractivity contribution in [3.05, 3.63) is 35.4 Å². The van der Waals surface area contributed by atoms with Crippen molar-refractivity contribution in [3.63, 3.8) is 0 Å². The summed E-state index contributed by atoms with van der Waals surface area (Å²) in [5, 5.41) is 9.90. The molecule has 1 aromatic rings. The van der Waals surface area contributed by atoms with Gasteiger partial charge in [0.1, 0.15) is 0 Å². The molecule has 0 saturated heterocycles. The highest BCUT2D eigenvalue weighted by molar-refractivity contribution is 5.21. The van der Waals surface area contributed by atoms with Gasteiger partial charge < -0.3 is 10.8 Å². The number of benzene rings is 1. The predicted octanol–water partition coefficient (Wildman–Crippen LogP) is 1.36. The Labute approximate surface area is 86.7 Å². The van der Waals surface area contributed by atoms with Crippen molar-refractivity contribution >= 4 is 0 Å². The molecule has 0 aliphatic heterocycles. The molecule has 0 heterocycles. The van der Waals surface area contributed by atoms with Crippen LogP contribution in [-0.2, 0) is 6.42 Å². The van der Waals surface area contributed by atoms with Gasteiger partial charge in [-0.3, -0.25) is 0 Å². The zero-order valence-corrected chi connectivity index (χ0v) is 8.21. The third-order valence-corrected chi connectivity index (χ3v) is 2.80. The molecule has 1 aromatic carbocycles. The first-order valence-electron chi connectivity index (χ1n) is 4.90. The quantitative estimate of drug-likeness (QED) is 0.779. The van der Waals surface area contributed by atoms with Crippen molar-refractivity contribution < 1.29 is 13.9 Å². The number of aliphatic hydroxyl groups is 1. The molecule has 1 aliphatic carbocycles. The summed E-state index contributed by atoms with van der Waals surface area (Å²) in [4.78, 5) is 0. The third kappa shape index (κ3) is 2.16. The highest BCUT2D eigenvalue weighted by Crippen LogP contribution is 2.34. The van der Waals surface area contributed by atoms with Gasteiger partial charge in [0, 0.05) is 12.5 Å². The maximum Gasteiger partial charge on any atom is 0.159 e. The second-order valence-electron chi connectivity index (χ2n) is 4.32.